The van der Waals surface area contributed by atoms with Crippen LogP contribution in [-0.4, -0.2) is 27.6 Å². The number of carbonyl (C=O) groups excluding carboxylic acids is 1. The molecule has 1 aromatic heterocycles. The first-order valence-corrected chi connectivity index (χ1v) is 7.53. The maximum atomic E-state index is 12.4. The van der Waals surface area contributed by atoms with E-state index in [4.69, 9.17) is 0 Å². The molecular weight excluding hydrogens is 284 g/mol. The quantitative estimate of drug-likeness (QED) is 0.803. The number of carboxylic acid groups (broad SMARTS) is 1. The summed E-state index contributed by atoms with van der Waals surface area (Å²) in [6.07, 6.45) is 2.66. The molecule has 6 nitrogen and oxygen atoms in total. The lowest BCUT2D eigenvalue weighted by Gasteiger charge is -2.24. The number of aryl methyl sites for hydroxylation is 1. The third-order valence-electron chi connectivity index (χ3n) is 3.89. The Morgan fingerprint density at radius 2 is 1.91 bits per heavy atom. The van der Waals surface area contributed by atoms with Crippen LogP contribution in [0.3, 0.4) is 0 Å². The lowest BCUT2D eigenvalue weighted by Crippen LogP contribution is -2.48. The molecule has 0 saturated heterocycles. The van der Waals surface area contributed by atoms with Crippen LogP contribution in [0.1, 0.15) is 45.2 Å². The normalized spacial score (nSPS) is 14.9. The Kier molecular flexibility index (Phi) is 6.34. The second kappa shape index (κ2) is 7.77. The number of amides is 1. The first kappa shape index (κ1) is 17.9. The minimum Gasteiger partial charge on any atom is -0.480 e. The number of hydrogen-bond donors (Lipinski definition) is 2. The second-order valence-electron chi connectivity index (χ2n) is 5.59. The van der Waals surface area contributed by atoms with Crippen molar-refractivity contribution in [3.63, 3.8) is 0 Å². The largest absolute Gasteiger partial charge is 0.480 e. The highest BCUT2D eigenvalue weighted by atomic mass is 16.4. The van der Waals surface area contributed by atoms with E-state index in [-0.39, 0.29) is 11.5 Å². The predicted molar refractivity (Wildman–Crippen MR) is 83.8 cm³/mol. The van der Waals surface area contributed by atoms with E-state index in [0.29, 0.717) is 12.8 Å². The zero-order valence-electron chi connectivity index (χ0n) is 13.5. The van der Waals surface area contributed by atoms with Gasteiger partial charge in [0, 0.05) is 12.3 Å². The summed E-state index contributed by atoms with van der Waals surface area (Å²) in [7, 11) is 0. The fraction of sp³-hybridized carbons (Fsp3) is 0.562. The third kappa shape index (κ3) is 4.19. The molecule has 3 atom stereocenters. The van der Waals surface area contributed by atoms with E-state index < -0.39 is 24.0 Å². The van der Waals surface area contributed by atoms with Crippen LogP contribution in [-0.2, 0) is 9.59 Å². The van der Waals surface area contributed by atoms with Crippen molar-refractivity contribution in [2.45, 2.75) is 52.6 Å². The number of carboxylic acids is 1. The number of rotatable bonds is 7. The SMILES string of the molecule is CCC(C)C(NC(=O)C(CC)n1cc(C)ccc1=O)C(=O)O. The van der Waals surface area contributed by atoms with Gasteiger partial charge in [0.05, 0.1) is 0 Å². The summed E-state index contributed by atoms with van der Waals surface area (Å²) >= 11 is 0. The predicted octanol–water partition coefficient (Wildman–Crippen LogP) is 1.72. The molecule has 22 heavy (non-hydrogen) atoms. The molecule has 0 aromatic carbocycles. The van der Waals surface area contributed by atoms with Gasteiger partial charge in [-0.1, -0.05) is 33.3 Å². The molecule has 0 aliphatic heterocycles. The molecule has 0 bridgehead atoms. The van der Waals surface area contributed by atoms with Gasteiger partial charge in [0.25, 0.3) is 5.56 Å². The Bertz CT molecular complexity index is 594. The summed E-state index contributed by atoms with van der Waals surface area (Å²) in [6.45, 7) is 7.27. The van der Waals surface area contributed by atoms with Crippen molar-refractivity contribution in [3.8, 4) is 0 Å². The van der Waals surface area contributed by atoms with Gasteiger partial charge >= 0.3 is 5.97 Å². The minimum absolute atomic E-state index is 0.187. The van der Waals surface area contributed by atoms with Gasteiger partial charge in [0.15, 0.2) is 0 Å². The molecule has 1 aromatic rings. The van der Waals surface area contributed by atoms with Gasteiger partial charge in [0.1, 0.15) is 12.1 Å². The van der Waals surface area contributed by atoms with Crippen LogP contribution in [0.4, 0.5) is 0 Å². The molecule has 0 radical (unpaired) electrons. The van der Waals surface area contributed by atoms with Crippen molar-refractivity contribution < 1.29 is 14.7 Å². The molecule has 1 heterocycles. The number of hydrogen-bond acceptors (Lipinski definition) is 3. The highest BCUT2D eigenvalue weighted by molar-refractivity contribution is 5.86. The van der Waals surface area contributed by atoms with E-state index in [1.165, 1.54) is 10.6 Å². The van der Waals surface area contributed by atoms with Gasteiger partial charge in [0.2, 0.25) is 5.91 Å². The van der Waals surface area contributed by atoms with Crippen molar-refractivity contribution in [2.75, 3.05) is 0 Å². The highest BCUT2D eigenvalue weighted by Crippen LogP contribution is 2.13. The highest BCUT2D eigenvalue weighted by Gasteiger charge is 2.29. The molecule has 2 N–H and O–H groups in total. The zero-order chi connectivity index (χ0) is 16.9. The Balaban J connectivity index is 3.04. The van der Waals surface area contributed by atoms with Gasteiger partial charge in [-0.05, 0) is 24.8 Å². The zero-order valence-corrected chi connectivity index (χ0v) is 13.5. The number of pyridine rings is 1. The summed E-state index contributed by atoms with van der Waals surface area (Å²) < 4.78 is 1.36. The molecule has 1 amide bonds. The number of aromatic nitrogens is 1. The molecular formula is C16H24N2O4. The summed E-state index contributed by atoms with van der Waals surface area (Å²) in [5.41, 5.74) is 0.588. The maximum absolute atomic E-state index is 12.4. The van der Waals surface area contributed by atoms with Gasteiger partial charge in [-0.15, -0.1) is 0 Å². The van der Waals surface area contributed by atoms with Crippen LogP contribution < -0.4 is 10.9 Å². The molecule has 0 aliphatic carbocycles. The van der Waals surface area contributed by atoms with Crippen LogP contribution in [0.25, 0.3) is 0 Å². The van der Waals surface area contributed by atoms with E-state index in [2.05, 4.69) is 5.32 Å². The average Bonchev–Trinajstić information content (AvgIpc) is 2.48. The van der Waals surface area contributed by atoms with E-state index in [0.717, 1.165) is 5.56 Å². The standard InChI is InChI=1S/C16H24N2O4/c1-5-11(4)14(16(21)22)17-15(20)12(6-2)18-9-10(3)7-8-13(18)19/h7-9,11-12,14H,5-6H2,1-4H3,(H,17,20)(H,21,22). The first-order chi connectivity index (χ1) is 10.3. The van der Waals surface area contributed by atoms with E-state index in [9.17, 15) is 19.5 Å². The van der Waals surface area contributed by atoms with Gasteiger partial charge in [-0.25, -0.2) is 4.79 Å². The summed E-state index contributed by atoms with van der Waals surface area (Å²) in [4.78, 5) is 35.7. The fourth-order valence-corrected chi connectivity index (χ4v) is 2.30. The van der Waals surface area contributed by atoms with Crippen molar-refractivity contribution in [1.82, 2.24) is 9.88 Å². The average molecular weight is 308 g/mol. The lowest BCUT2D eigenvalue weighted by atomic mass is 9.98. The van der Waals surface area contributed by atoms with Crippen molar-refractivity contribution in [2.24, 2.45) is 5.92 Å². The maximum Gasteiger partial charge on any atom is 0.326 e. The van der Waals surface area contributed by atoms with Crippen LogP contribution in [0.2, 0.25) is 0 Å². The van der Waals surface area contributed by atoms with Crippen LogP contribution in [0.15, 0.2) is 23.1 Å². The molecule has 122 valence electrons. The number of aliphatic carboxylic acids is 1. The van der Waals surface area contributed by atoms with Crippen molar-refractivity contribution in [1.29, 1.82) is 0 Å². The van der Waals surface area contributed by atoms with Crippen molar-refractivity contribution in [3.05, 3.63) is 34.2 Å². The second-order valence-corrected chi connectivity index (χ2v) is 5.59. The molecule has 3 unspecified atom stereocenters. The number of nitrogens with one attached hydrogen (secondary N) is 1. The molecule has 1 rings (SSSR count). The van der Waals surface area contributed by atoms with E-state index >= 15 is 0 Å². The van der Waals surface area contributed by atoms with Crippen LogP contribution in [0, 0.1) is 12.8 Å². The van der Waals surface area contributed by atoms with E-state index in [1.807, 2.05) is 13.8 Å². The Morgan fingerprint density at radius 1 is 1.27 bits per heavy atom. The Morgan fingerprint density at radius 3 is 2.41 bits per heavy atom. The molecule has 0 aliphatic rings. The number of carbonyl (C=O) groups is 2. The minimum atomic E-state index is -1.06. The van der Waals surface area contributed by atoms with Crippen LogP contribution >= 0.6 is 0 Å². The first-order valence-electron chi connectivity index (χ1n) is 7.53. The molecule has 6 heteroatoms. The lowest BCUT2D eigenvalue weighted by molar-refractivity contribution is -0.143. The monoisotopic (exact) mass is 308 g/mol. The summed E-state index contributed by atoms with van der Waals surface area (Å²) in [6, 6.07) is 1.43. The fourth-order valence-electron chi connectivity index (χ4n) is 2.30. The van der Waals surface area contributed by atoms with Crippen LogP contribution in [0.5, 0.6) is 0 Å². The Hall–Kier alpha value is -2.11. The van der Waals surface area contributed by atoms with Gasteiger partial charge < -0.3 is 15.0 Å². The smallest absolute Gasteiger partial charge is 0.326 e. The van der Waals surface area contributed by atoms with Gasteiger partial charge in [-0.3, -0.25) is 9.59 Å². The topological polar surface area (TPSA) is 88.4 Å². The molecule has 0 fully saturated rings. The van der Waals surface area contributed by atoms with E-state index in [1.54, 1.807) is 26.1 Å². The molecule has 0 spiro atoms. The Labute approximate surface area is 130 Å². The number of nitrogens with zero attached hydrogens (tertiary/aromatic N) is 1. The van der Waals surface area contributed by atoms with Crippen molar-refractivity contribution >= 4 is 11.9 Å². The van der Waals surface area contributed by atoms with Gasteiger partial charge in [-0.2, -0.15) is 0 Å². The third-order valence-corrected chi connectivity index (χ3v) is 3.89. The summed E-state index contributed by atoms with van der Waals surface area (Å²) in [5.74, 6) is -1.69. The molecule has 0 saturated carbocycles. The summed E-state index contributed by atoms with van der Waals surface area (Å²) in [5, 5.41) is 11.8.